The van der Waals surface area contributed by atoms with Gasteiger partial charge in [-0.25, -0.2) is 0 Å². The number of rotatable bonds is 5. The number of nitrogens with one attached hydrogen (secondary N) is 1. The van der Waals surface area contributed by atoms with Crippen LogP contribution in [-0.4, -0.2) is 18.3 Å². The normalized spacial score (nSPS) is 18.8. The van der Waals surface area contributed by atoms with Crippen LogP contribution in [0.4, 0.5) is 0 Å². The number of halogens is 1. The van der Waals surface area contributed by atoms with E-state index in [-0.39, 0.29) is 5.41 Å². The summed E-state index contributed by atoms with van der Waals surface area (Å²) in [5.74, 6) is 0. The van der Waals surface area contributed by atoms with Gasteiger partial charge < -0.3 is 10.4 Å². The highest BCUT2D eigenvalue weighted by atomic mass is 79.9. The molecule has 1 fully saturated rings. The molecule has 0 amide bonds. The second-order valence-corrected chi connectivity index (χ2v) is 6.87. The van der Waals surface area contributed by atoms with Crippen molar-refractivity contribution in [1.29, 1.82) is 0 Å². The van der Waals surface area contributed by atoms with E-state index in [2.05, 4.69) is 33.4 Å². The van der Waals surface area contributed by atoms with Gasteiger partial charge in [0.2, 0.25) is 0 Å². The Balaban J connectivity index is 1.74. The largest absolute Gasteiger partial charge is 0.396 e. The molecule has 1 aromatic heterocycles. The molecule has 0 unspecified atom stereocenters. The van der Waals surface area contributed by atoms with Gasteiger partial charge in [0, 0.05) is 30.0 Å². The summed E-state index contributed by atoms with van der Waals surface area (Å²) in [6.07, 6.45) is 3.61. The summed E-state index contributed by atoms with van der Waals surface area (Å²) in [6.45, 7) is 2.19. The molecular formula is C11H16BrNOS. The van der Waals surface area contributed by atoms with E-state index >= 15 is 0 Å². The summed E-state index contributed by atoms with van der Waals surface area (Å²) in [5.41, 5.74) is 0.189. The van der Waals surface area contributed by atoms with E-state index in [0.717, 1.165) is 13.1 Å². The molecule has 0 aliphatic heterocycles. The smallest absolute Gasteiger partial charge is 0.0701 e. The highest BCUT2D eigenvalue weighted by Crippen LogP contribution is 2.39. The van der Waals surface area contributed by atoms with Crippen LogP contribution < -0.4 is 5.32 Å². The Hall–Kier alpha value is 0.1000. The van der Waals surface area contributed by atoms with Gasteiger partial charge in [0.25, 0.3) is 0 Å². The molecule has 0 bridgehead atoms. The predicted molar refractivity (Wildman–Crippen MR) is 67.1 cm³/mol. The zero-order valence-electron chi connectivity index (χ0n) is 8.63. The first-order valence-electron chi connectivity index (χ1n) is 5.30. The second kappa shape index (κ2) is 4.95. The Bertz CT molecular complexity index is 317. The lowest BCUT2D eigenvalue weighted by Gasteiger charge is -2.40. The van der Waals surface area contributed by atoms with Crippen LogP contribution in [0, 0.1) is 5.41 Å². The molecule has 1 aliphatic rings. The summed E-state index contributed by atoms with van der Waals surface area (Å²) < 4.78 is 1.18. The van der Waals surface area contributed by atoms with Gasteiger partial charge in [-0.15, -0.1) is 11.3 Å². The van der Waals surface area contributed by atoms with Gasteiger partial charge in [-0.3, -0.25) is 0 Å². The van der Waals surface area contributed by atoms with Crippen molar-refractivity contribution in [2.24, 2.45) is 5.41 Å². The predicted octanol–water partition coefficient (Wildman–Crippen LogP) is 2.76. The van der Waals surface area contributed by atoms with Gasteiger partial charge in [-0.05, 0) is 40.9 Å². The molecule has 1 saturated carbocycles. The van der Waals surface area contributed by atoms with Crippen LogP contribution in [0.25, 0.3) is 0 Å². The fourth-order valence-electron chi connectivity index (χ4n) is 1.97. The van der Waals surface area contributed by atoms with Crippen molar-refractivity contribution in [3.63, 3.8) is 0 Å². The third-order valence-electron chi connectivity index (χ3n) is 3.18. The van der Waals surface area contributed by atoms with E-state index in [9.17, 15) is 5.11 Å². The minimum Gasteiger partial charge on any atom is -0.396 e. The molecule has 1 aromatic rings. The van der Waals surface area contributed by atoms with Crippen molar-refractivity contribution in [1.82, 2.24) is 5.32 Å². The minimum atomic E-state index is 0.189. The molecule has 2 nitrogen and oxygen atoms in total. The Labute approximate surface area is 103 Å². The van der Waals surface area contributed by atoms with Crippen LogP contribution in [0.1, 0.15) is 24.1 Å². The molecule has 84 valence electrons. The number of aliphatic hydroxyl groups excluding tert-OH is 1. The van der Waals surface area contributed by atoms with Gasteiger partial charge in [0.1, 0.15) is 0 Å². The van der Waals surface area contributed by atoms with Crippen LogP contribution in [0.2, 0.25) is 0 Å². The van der Waals surface area contributed by atoms with Gasteiger partial charge in [-0.2, -0.15) is 0 Å². The minimum absolute atomic E-state index is 0.189. The van der Waals surface area contributed by atoms with E-state index in [0.29, 0.717) is 6.61 Å². The molecule has 0 spiro atoms. The number of hydrogen-bond acceptors (Lipinski definition) is 3. The summed E-state index contributed by atoms with van der Waals surface area (Å²) in [7, 11) is 0. The van der Waals surface area contributed by atoms with E-state index in [1.807, 2.05) is 0 Å². The Morgan fingerprint density at radius 1 is 1.47 bits per heavy atom. The molecule has 0 saturated heterocycles. The zero-order chi connectivity index (χ0) is 10.7. The SMILES string of the molecule is OCC1(CNCc2ccc(Br)s2)CCC1. The first-order chi connectivity index (χ1) is 7.24. The fourth-order valence-corrected chi connectivity index (χ4v) is 3.42. The van der Waals surface area contributed by atoms with Crippen LogP contribution in [0.5, 0.6) is 0 Å². The van der Waals surface area contributed by atoms with Crippen molar-refractivity contribution in [3.05, 3.63) is 20.8 Å². The molecule has 0 atom stereocenters. The third-order valence-corrected chi connectivity index (χ3v) is 4.80. The summed E-state index contributed by atoms with van der Waals surface area (Å²) in [4.78, 5) is 1.34. The Morgan fingerprint density at radius 2 is 2.27 bits per heavy atom. The van der Waals surface area contributed by atoms with Gasteiger partial charge in [0.05, 0.1) is 3.79 Å². The van der Waals surface area contributed by atoms with E-state index in [1.165, 1.54) is 27.9 Å². The van der Waals surface area contributed by atoms with Crippen molar-refractivity contribution >= 4 is 27.3 Å². The summed E-state index contributed by atoms with van der Waals surface area (Å²) in [5, 5.41) is 12.7. The third kappa shape index (κ3) is 2.81. The maximum atomic E-state index is 9.29. The number of aliphatic hydroxyl groups is 1. The van der Waals surface area contributed by atoms with Crippen molar-refractivity contribution < 1.29 is 5.11 Å². The zero-order valence-corrected chi connectivity index (χ0v) is 11.0. The molecule has 1 heterocycles. The number of thiophene rings is 1. The standard InChI is InChI=1S/C11H16BrNOS/c12-10-3-2-9(15-10)6-13-7-11(8-14)4-1-5-11/h2-3,13-14H,1,4-8H2. The molecule has 0 radical (unpaired) electrons. The van der Waals surface area contributed by atoms with E-state index in [4.69, 9.17) is 0 Å². The molecule has 15 heavy (non-hydrogen) atoms. The van der Waals surface area contributed by atoms with Crippen molar-refractivity contribution in [2.45, 2.75) is 25.8 Å². The van der Waals surface area contributed by atoms with Crippen molar-refractivity contribution in [3.8, 4) is 0 Å². The van der Waals surface area contributed by atoms with Crippen LogP contribution in [0.3, 0.4) is 0 Å². The highest BCUT2D eigenvalue weighted by Gasteiger charge is 2.35. The number of hydrogen-bond donors (Lipinski definition) is 2. The quantitative estimate of drug-likeness (QED) is 0.874. The molecular weight excluding hydrogens is 274 g/mol. The molecule has 1 aliphatic carbocycles. The monoisotopic (exact) mass is 289 g/mol. The topological polar surface area (TPSA) is 32.3 Å². The van der Waals surface area contributed by atoms with Crippen LogP contribution in [0.15, 0.2) is 15.9 Å². The lowest BCUT2D eigenvalue weighted by Crippen LogP contribution is -2.42. The summed E-state index contributed by atoms with van der Waals surface area (Å²) in [6, 6.07) is 4.21. The van der Waals surface area contributed by atoms with Crippen LogP contribution in [-0.2, 0) is 6.54 Å². The van der Waals surface area contributed by atoms with Gasteiger partial charge in [-0.1, -0.05) is 6.42 Å². The van der Waals surface area contributed by atoms with Crippen LogP contribution >= 0.6 is 27.3 Å². The first-order valence-corrected chi connectivity index (χ1v) is 6.91. The second-order valence-electron chi connectivity index (χ2n) is 4.32. The Morgan fingerprint density at radius 3 is 2.73 bits per heavy atom. The fraction of sp³-hybridized carbons (Fsp3) is 0.636. The average molecular weight is 290 g/mol. The Kier molecular flexibility index (Phi) is 3.83. The first kappa shape index (κ1) is 11.6. The molecule has 0 aromatic carbocycles. The van der Waals surface area contributed by atoms with E-state index in [1.54, 1.807) is 11.3 Å². The molecule has 4 heteroatoms. The lowest BCUT2D eigenvalue weighted by molar-refractivity contribution is 0.0445. The maximum Gasteiger partial charge on any atom is 0.0701 e. The summed E-state index contributed by atoms with van der Waals surface area (Å²) >= 11 is 5.22. The van der Waals surface area contributed by atoms with Gasteiger partial charge in [0.15, 0.2) is 0 Å². The maximum absolute atomic E-state index is 9.29. The van der Waals surface area contributed by atoms with Crippen molar-refractivity contribution in [2.75, 3.05) is 13.2 Å². The van der Waals surface area contributed by atoms with Gasteiger partial charge >= 0.3 is 0 Å². The van der Waals surface area contributed by atoms with E-state index < -0.39 is 0 Å². The molecule has 2 N–H and O–H groups in total. The highest BCUT2D eigenvalue weighted by molar-refractivity contribution is 9.11. The average Bonchev–Trinajstić information content (AvgIpc) is 2.56. The lowest BCUT2D eigenvalue weighted by atomic mass is 9.69. The molecule has 2 rings (SSSR count).